The van der Waals surface area contributed by atoms with Crippen LogP contribution in [0.5, 0.6) is 0 Å². The van der Waals surface area contributed by atoms with Crippen molar-refractivity contribution in [2.24, 2.45) is 0 Å². The monoisotopic (exact) mass is 323 g/mol. The Bertz CT molecular complexity index is 643. The second kappa shape index (κ2) is 8.00. The van der Waals surface area contributed by atoms with Gasteiger partial charge in [-0.3, -0.25) is 0 Å². The van der Waals surface area contributed by atoms with E-state index in [2.05, 4.69) is 31.2 Å². The van der Waals surface area contributed by atoms with Crippen molar-refractivity contribution in [2.75, 3.05) is 13.1 Å². The maximum atomic E-state index is 12.2. The Morgan fingerprint density at radius 1 is 1.00 bits per heavy atom. The van der Waals surface area contributed by atoms with E-state index in [0.717, 1.165) is 37.9 Å². The number of hydrogen-bond donors (Lipinski definition) is 0. The van der Waals surface area contributed by atoms with Crippen LogP contribution in [0, 0.1) is 0 Å². The topological polar surface area (TPSA) is 29.5 Å². The molecule has 0 N–H and O–H groups in total. The molecule has 126 valence electrons. The van der Waals surface area contributed by atoms with Crippen molar-refractivity contribution in [3.05, 3.63) is 71.3 Å². The van der Waals surface area contributed by atoms with Gasteiger partial charge in [0.2, 0.25) is 0 Å². The highest BCUT2D eigenvalue weighted by Gasteiger charge is 2.24. The lowest BCUT2D eigenvalue weighted by Gasteiger charge is -2.31. The summed E-state index contributed by atoms with van der Waals surface area (Å²) in [5.41, 5.74) is 3.79. The first-order valence-electron chi connectivity index (χ1n) is 8.80. The molecule has 0 saturated carbocycles. The smallest absolute Gasteiger partial charge is 0.410 e. The summed E-state index contributed by atoms with van der Waals surface area (Å²) < 4.78 is 5.43. The van der Waals surface area contributed by atoms with Crippen LogP contribution in [0.1, 0.15) is 42.4 Å². The summed E-state index contributed by atoms with van der Waals surface area (Å²) in [5.74, 6) is 0.550. The Morgan fingerprint density at radius 3 is 2.29 bits per heavy atom. The van der Waals surface area contributed by atoms with Gasteiger partial charge in [-0.2, -0.15) is 0 Å². The molecule has 0 atom stereocenters. The second-order valence-corrected chi connectivity index (χ2v) is 6.40. The molecule has 3 heteroatoms. The molecule has 2 aromatic rings. The molecule has 0 radical (unpaired) electrons. The third kappa shape index (κ3) is 4.16. The van der Waals surface area contributed by atoms with Gasteiger partial charge in [-0.15, -0.1) is 0 Å². The Morgan fingerprint density at radius 2 is 1.67 bits per heavy atom. The average Bonchev–Trinajstić information content (AvgIpc) is 2.67. The van der Waals surface area contributed by atoms with Crippen molar-refractivity contribution in [3.63, 3.8) is 0 Å². The lowest BCUT2D eigenvalue weighted by Crippen LogP contribution is -2.38. The molecule has 3 rings (SSSR count). The molecule has 1 heterocycles. The third-order valence-electron chi connectivity index (χ3n) is 4.82. The van der Waals surface area contributed by atoms with E-state index in [1.165, 1.54) is 11.1 Å². The lowest BCUT2D eigenvalue weighted by molar-refractivity contribution is 0.0870. The van der Waals surface area contributed by atoms with Gasteiger partial charge in [-0.25, -0.2) is 4.79 Å². The number of amides is 1. The number of piperidine rings is 1. The largest absolute Gasteiger partial charge is 0.445 e. The number of aryl methyl sites for hydroxylation is 1. The summed E-state index contributed by atoms with van der Waals surface area (Å²) in [6, 6.07) is 18.7. The van der Waals surface area contributed by atoms with Gasteiger partial charge < -0.3 is 9.64 Å². The standard InChI is InChI=1S/C21H25NO2/c1-2-17-8-10-19(11-9-17)20-12-14-22(15-13-20)21(23)24-16-18-6-4-3-5-7-18/h3-11,20H,2,12-16H2,1H3. The predicted molar refractivity (Wildman–Crippen MR) is 96.0 cm³/mol. The third-order valence-corrected chi connectivity index (χ3v) is 4.82. The van der Waals surface area contributed by atoms with Gasteiger partial charge in [-0.05, 0) is 41.9 Å². The van der Waals surface area contributed by atoms with E-state index >= 15 is 0 Å². The quantitative estimate of drug-likeness (QED) is 0.811. The molecule has 0 aromatic heterocycles. The minimum Gasteiger partial charge on any atom is -0.445 e. The van der Waals surface area contributed by atoms with Crippen LogP contribution in [-0.4, -0.2) is 24.1 Å². The molecule has 0 unspecified atom stereocenters. The molecular weight excluding hydrogens is 298 g/mol. The summed E-state index contributed by atoms with van der Waals surface area (Å²) in [5, 5.41) is 0. The van der Waals surface area contributed by atoms with Gasteiger partial charge in [0.15, 0.2) is 0 Å². The Labute approximate surface area is 144 Å². The highest BCUT2D eigenvalue weighted by Crippen LogP contribution is 2.28. The highest BCUT2D eigenvalue weighted by molar-refractivity contribution is 5.67. The first-order valence-corrected chi connectivity index (χ1v) is 8.80. The van der Waals surface area contributed by atoms with Crippen LogP contribution < -0.4 is 0 Å². The van der Waals surface area contributed by atoms with Crippen LogP contribution in [0.4, 0.5) is 4.79 Å². The number of benzene rings is 2. The molecule has 1 aliphatic heterocycles. The van der Waals surface area contributed by atoms with Crippen molar-refractivity contribution in [1.82, 2.24) is 4.90 Å². The Kier molecular flexibility index (Phi) is 5.52. The van der Waals surface area contributed by atoms with E-state index in [1.807, 2.05) is 35.2 Å². The van der Waals surface area contributed by atoms with Crippen molar-refractivity contribution < 1.29 is 9.53 Å². The van der Waals surface area contributed by atoms with E-state index in [9.17, 15) is 4.79 Å². The molecule has 3 nitrogen and oxygen atoms in total. The molecule has 1 fully saturated rings. The lowest BCUT2D eigenvalue weighted by atomic mass is 9.89. The zero-order valence-corrected chi connectivity index (χ0v) is 14.3. The number of nitrogens with zero attached hydrogens (tertiary/aromatic N) is 1. The number of likely N-dealkylation sites (tertiary alicyclic amines) is 1. The molecular formula is C21H25NO2. The number of carbonyl (C=O) groups is 1. The highest BCUT2D eigenvalue weighted by atomic mass is 16.6. The molecule has 2 aromatic carbocycles. The predicted octanol–water partition coefficient (Wildman–Crippen LogP) is 4.77. The maximum Gasteiger partial charge on any atom is 0.410 e. The second-order valence-electron chi connectivity index (χ2n) is 6.40. The number of rotatable bonds is 4. The van der Waals surface area contributed by atoms with Crippen LogP contribution in [0.25, 0.3) is 0 Å². The fraction of sp³-hybridized carbons (Fsp3) is 0.381. The Balaban J connectivity index is 1.48. The number of carbonyl (C=O) groups excluding carboxylic acids is 1. The van der Waals surface area contributed by atoms with Crippen molar-refractivity contribution >= 4 is 6.09 Å². The van der Waals surface area contributed by atoms with Gasteiger partial charge in [0.05, 0.1) is 0 Å². The van der Waals surface area contributed by atoms with Gasteiger partial charge in [-0.1, -0.05) is 61.5 Å². The van der Waals surface area contributed by atoms with Crippen LogP contribution in [0.15, 0.2) is 54.6 Å². The first kappa shape index (κ1) is 16.6. The summed E-state index contributed by atoms with van der Waals surface area (Å²) in [4.78, 5) is 14.0. The van der Waals surface area contributed by atoms with Gasteiger partial charge in [0, 0.05) is 13.1 Å². The minimum absolute atomic E-state index is 0.196. The Hall–Kier alpha value is -2.29. The van der Waals surface area contributed by atoms with E-state index in [1.54, 1.807) is 0 Å². The summed E-state index contributed by atoms with van der Waals surface area (Å²) in [7, 11) is 0. The van der Waals surface area contributed by atoms with Crippen molar-refractivity contribution in [2.45, 2.75) is 38.7 Å². The van der Waals surface area contributed by atoms with E-state index in [0.29, 0.717) is 12.5 Å². The SMILES string of the molecule is CCc1ccc(C2CCN(C(=O)OCc3ccccc3)CC2)cc1. The molecule has 1 saturated heterocycles. The first-order chi connectivity index (χ1) is 11.8. The molecule has 1 aliphatic rings. The van der Waals surface area contributed by atoms with Crippen LogP contribution in [-0.2, 0) is 17.8 Å². The zero-order valence-electron chi connectivity index (χ0n) is 14.3. The number of ether oxygens (including phenoxy) is 1. The molecule has 0 aliphatic carbocycles. The fourth-order valence-electron chi connectivity index (χ4n) is 3.23. The number of hydrogen-bond acceptors (Lipinski definition) is 2. The molecule has 0 bridgehead atoms. The molecule has 24 heavy (non-hydrogen) atoms. The normalized spacial score (nSPS) is 15.3. The van der Waals surface area contributed by atoms with Crippen molar-refractivity contribution in [1.29, 1.82) is 0 Å². The van der Waals surface area contributed by atoms with Gasteiger partial charge >= 0.3 is 6.09 Å². The summed E-state index contributed by atoms with van der Waals surface area (Å²) in [6.45, 7) is 4.06. The average molecular weight is 323 g/mol. The van der Waals surface area contributed by atoms with E-state index in [4.69, 9.17) is 4.74 Å². The molecule has 1 amide bonds. The van der Waals surface area contributed by atoms with Crippen LogP contribution in [0.3, 0.4) is 0 Å². The van der Waals surface area contributed by atoms with Crippen molar-refractivity contribution in [3.8, 4) is 0 Å². The fourth-order valence-corrected chi connectivity index (χ4v) is 3.23. The van der Waals surface area contributed by atoms with E-state index in [-0.39, 0.29) is 6.09 Å². The molecule has 0 spiro atoms. The maximum absolute atomic E-state index is 12.2. The van der Waals surface area contributed by atoms with Gasteiger partial charge in [0.1, 0.15) is 6.61 Å². The van der Waals surface area contributed by atoms with Gasteiger partial charge in [0.25, 0.3) is 0 Å². The van der Waals surface area contributed by atoms with Crippen LogP contribution >= 0.6 is 0 Å². The minimum atomic E-state index is -0.196. The summed E-state index contributed by atoms with van der Waals surface area (Å²) in [6.07, 6.45) is 2.89. The summed E-state index contributed by atoms with van der Waals surface area (Å²) >= 11 is 0. The van der Waals surface area contributed by atoms with Crippen LogP contribution in [0.2, 0.25) is 0 Å². The zero-order chi connectivity index (χ0) is 16.8. The van der Waals surface area contributed by atoms with E-state index < -0.39 is 0 Å².